The average molecular weight is 450 g/mol. The first-order valence-electron chi connectivity index (χ1n) is 9.69. The molecule has 10 heteroatoms. The van der Waals surface area contributed by atoms with Crippen LogP contribution in [0.25, 0.3) is 11.1 Å². The molecule has 1 heterocycles. The summed E-state index contributed by atoms with van der Waals surface area (Å²) < 4.78 is 44.7. The Morgan fingerprint density at radius 1 is 1.19 bits per heavy atom. The number of aryl methyl sites for hydroxylation is 1. The summed E-state index contributed by atoms with van der Waals surface area (Å²) in [7, 11) is -3.99. The van der Waals surface area contributed by atoms with Gasteiger partial charge in [0.1, 0.15) is 5.82 Å². The van der Waals surface area contributed by atoms with E-state index in [4.69, 9.17) is 4.74 Å². The molecule has 1 aliphatic heterocycles. The molecule has 0 spiro atoms. The summed E-state index contributed by atoms with van der Waals surface area (Å²) in [6.45, 7) is 3.69. The first-order chi connectivity index (χ1) is 14.7. The number of carbonyl (C=O) groups is 2. The highest BCUT2D eigenvalue weighted by molar-refractivity contribution is 7.89. The molecule has 0 aliphatic carbocycles. The summed E-state index contributed by atoms with van der Waals surface area (Å²) in [5.41, 5.74) is 3.46. The highest BCUT2D eigenvalue weighted by Gasteiger charge is 2.27. The maximum Gasteiger partial charge on any atom is 0.269 e. The monoisotopic (exact) mass is 449 g/mol. The van der Waals surface area contributed by atoms with Crippen molar-refractivity contribution in [3.63, 3.8) is 0 Å². The number of nitrogens with one attached hydrogen (secondary N) is 2. The van der Waals surface area contributed by atoms with E-state index in [1.807, 2.05) is 35.2 Å². The van der Waals surface area contributed by atoms with Crippen molar-refractivity contribution >= 4 is 21.8 Å². The molecule has 1 fully saturated rings. The fourth-order valence-corrected chi connectivity index (χ4v) is 4.34. The van der Waals surface area contributed by atoms with Crippen molar-refractivity contribution in [2.24, 2.45) is 0 Å². The van der Waals surface area contributed by atoms with Crippen molar-refractivity contribution in [3.8, 4) is 11.1 Å². The Kier molecular flexibility index (Phi) is 7.04. The van der Waals surface area contributed by atoms with Crippen LogP contribution in [0.3, 0.4) is 0 Å². The van der Waals surface area contributed by atoms with Crippen LogP contribution < -0.4 is 10.3 Å². The Hall–Kier alpha value is -2.82. The molecule has 31 heavy (non-hydrogen) atoms. The number of halogens is 1. The van der Waals surface area contributed by atoms with Crippen molar-refractivity contribution in [3.05, 3.63) is 59.4 Å². The van der Waals surface area contributed by atoms with E-state index in [1.54, 1.807) is 6.07 Å². The summed E-state index contributed by atoms with van der Waals surface area (Å²) in [5.74, 6) is -2.28. The first kappa shape index (κ1) is 22.9. The van der Waals surface area contributed by atoms with Gasteiger partial charge in [0.2, 0.25) is 15.9 Å². The van der Waals surface area contributed by atoms with Crippen molar-refractivity contribution in [2.45, 2.75) is 20.0 Å². The van der Waals surface area contributed by atoms with Crippen LogP contribution in [-0.4, -0.2) is 56.7 Å². The molecular weight excluding hydrogens is 425 g/mol. The zero-order chi connectivity index (χ0) is 22.6. The van der Waals surface area contributed by atoms with E-state index in [0.717, 1.165) is 5.56 Å². The number of amides is 2. The smallest absolute Gasteiger partial charge is 0.269 e. The third-order valence-electron chi connectivity index (χ3n) is 4.92. The van der Waals surface area contributed by atoms with E-state index in [0.29, 0.717) is 12.1 Å². The second kappa shape index (κ2) is 9.54. The SMILES string of the molecule is CC(=O)N1CCOC(CS(=O)(=O)NNC(=O)c2cc(-c3ccccc3)cc(C)c2F)C1. The van der Waals surface area contributed by atoms with Gasteiger partial charge in [-0.15, -0.1) is 4.83 Å². The van der Waals surface area contributed by atoms with Gasteiger partial charge < -0.3 is 9.64 Å². The Morgan fingerprint density at radius 2 is 1.90 bits per heavy atom. The number of sulfonamides is 1. The second-order valence-corrected chi connectivity index (χ2v) is 9.08. The molecule has 0 bridgehead atoms. The minimum atomic E-state index is -3.99. The number of morpholine rings is 1. The zero-order valence-corrected chi connectivity index (χ0v) is 18.0. The first-order valence-corrected chi connectivity index (χ1v) is 11.3. The normalized spacial score (nSPS) is 16.7. The molecule has 2 aromatic rings. The molecule has 0 aromatic heterocycles. The average Bonchev–Trinajstić information content (AvgIpc) is 2.74. The lowest BCUT2D eigenvalue weighted by Gasteiger charge is -2.32. The Morgan fingerprint density at radius 3 is 2.58 bits per heavy atom. The van der Waals surface area contributed by atoms with Crippen molar-refractivity contribution < 1.29 is 27.1 Å². The number of carbonyl (C=O) groups excluding carboxylic acids is 2. The van der Waals surface area contributed by atoms with Crippen LogP contribution in [0.2, 0.25) is 0 Å². The highest BCUT2D eigenvalue weighted by Crippen LogP contribution is 2.24. The van der Waals surface area contributed by atoms with Gasteiger partial charge in [0, 0.05) is 20.0 Å². The maximum absolute atomic E-state index is 14.6. The molecule has 2 amide bonds. The Bertz CT molecular complexity index is 1080. The lowest BCUT2D eigenvalue weighted by atomic mass is 9.99. The number of ether oxygens (including phenoxy) is 1. The van der Waals surface area contributed by atoms with Gasteiger partial charge in [0.05, 0.1) is 24.0 Å². The topological polar surface area (TPSA) is 105 Å². The number of hydrogen-bond acceptors (Lipinski definition) is 5. The standard InChI is InChI=1S/C21H24FN3O5S/c1-14-10-17(16-6-4-3-5-7-16)11-19(20(14)22)21(27)23-24-31(28,29)13-18-12-25(15(2)26)8-9-30-18/h3-7,10-11,18,24H,8-9,12-13H2,1-2H3,(H,23,27). The third kappa shape index (κ3) is 5.87. The van der Waals surface area contributed by atoms with E-state index >= 15 is 0 Å². The highest BCUT2D eigenvalue weighted by atomic mass is 32.2. The summed E-state index contributed by atoms with van der Waals surface area (Å²) in [6.07, 6.45) is -0.729. The van der Waals surface area contributed by atoms with E-state index < -0.39 is 33.6 Å². The van der Waals surface area contributed by atoms with Gasteiger partial charge in [-0.25, -0.2) is 12.8 Å². The third-order valence-corrected chi connectivity index (χ3v) is 6.14. The number of hydrazine groups is 1. The lowest BCUT2D eigenvalue weighted by molar-refractivity contribution is -0.135. The number of benzene rings is 2. The fraction of sp³-hybridized carbons (Fsp3) is 0.333. The van der Waals surface area contributed by atoms with Crippen molar-refractivity contribution in [1.29, 1.82) is 0 Å². The van der Waals surface area contributed by atoms with Crippen LogP contribution in [-0.2, 0) is 19.6 Å². The van der Waals surface area contributed by atoms with E-state index in [1.165, 1.54) is 24.8 Å². The van der Waals surface area contributed by atoms with Crippen LogP contribution in [0.1, 0.15) is 22.8 Å². The Labute approximate surface area is 180 Å². The fourth-order valence-electron chi connectivity index (χ4n) is 3.32. The molecule has 1 saturated heterocycles. The maximum atomic E-state index is 14.6. The molecule has 0 saturated carbocycles. The zero-order valence-electron chi connectivity index (χ0n) is 17.2. The summed E-state index contributed by atoms with van der Waals surface area (Å²) in [5, 5.41) is 0. The lowest BCUT2D eigenvalue weighted by Crippen LogP contribution is -2.50. The van der Waals surface area contributed by atoms with E-state index in [9.17, 15) is 22.4 Å². The largest absolute Gasteiger partial charge is 0.373 e. The van der Waals surface area contributed by atoms with Gasteiger partial charge in [0.15, 0.2) is 0 Å². The second-order valence-electron chi connectivity index (χ2n) is 7.32. The predicted molar refractivity (Wildman–Crippen MR) is 113 cm³/mol. The molecule has 8 nitrogen and oxygen atoms in total. The molecular formula is C21H24FN3O5S. The van der Waals surface area contributed by atoms with E-state index in [2.05, 4.69) is 5.43 Å². The number of hydrogen-bond donors (Lipinski definition) is 2. The molecule has 0 radical (unpaired) electrons. The number of nitrogens with zero attached hydrogens (tertiary/aromatic N) is 1. The summed E-state index contributed by atoms with van der Waals surface area (Å²) in [4.78, 5) is 27.5. The summed E-state index contributed by atoms with van der Waals surface area (Å²) >= 11 is 0. The Balaban J connectivity index is 1.69. The molecule has 2 N–H and O–H groups in total. The van der Waals surface area contributed by atoms with Crippen molar-refractivity contribution in [1.82, 2.24) is 15.2 Å². The van der Waals surface area contributed by atoms with Crippen LogP contribution in [0.4, 0.5) is 4.39 Å². The van der Waals surface area contributed by atoms with Crippen LogP contribution >= 0.6 is 0 Å². The quantitative estimate of drug-likeness (QED) is 0.652. The molecule has 3 rings (SSSR count). The molecule has 1 aliphatic rings. The van der Waals surface area contributed by atoms with Crippen LogP contribution in [0.15, 0.2) is 42.5 Å². The van der Waals surface area contributed by atoms with Gasteiger partial charge in [-0.1, -0.05) is 30.3 Å². The van der Waals surface area contributed by atoms with Gasteiger partial charge in [0.25, 0.3) is 5.91 Å². The molecule has 166 valence electrons. The molecule has 2 aromatic carbocycles. The van der Waals surface area contributed by atoms with E-state index in [-0.39, 0.29) is 30.2 Å². The minimum Gasteiger partial charge on any atom is -0.373 e. The van der Waals surface area contributed by atoms with Crippen molar-refractivity contribution in [2.75, 3.05) is 25.4 Å². The van der Waals surface area contributed by atoms with Gasteiger partial charge in [-0.05, 0) is 35.7 Å². The van der Waals surface area contributed by atoms with Crippen LogP contribution in [0.5, 0.6) is 0 Å². The molecule has 1 unspecified atom stereocenters. The summed E-state index contributed by atoms with van der Waals surface area (Å²) in [6, 6.07) is 12.1. The minimum absolute atomic E-state index is 0.136. The molecule has 1 atom stereocenters. The predicted octanol–water partition coefficient (Wildman–Crippen LogP) is 1.61. The van der Waals surface area contributed by atoms with Crippen LogP contribution in [0, 0.1) is 12.7 Å². The van der Waals surface area contributed by atoms with Gasteiger partial charge in [-0.3, -0.25) is 15.0 Å². The number of rotatable bonds is 6. The van der Waals surface area contributed by atoms with Gasteiger partial charge in [-0.2, -0.15) is 0 Å². The van der Waals surface area contributed by atoms with Gasteiger partial charge >= 0.3 is 0 Å².